The van der Waals surface area contributed by atoms with Gasteiger partial charge in [0.1, 0.15) is 17.5 Å². The minimum absolute atomic E-state index is 0.0224. The van der Waals surface area contributed by atoms with Crippen LogP contribution in [0.1, 0.15) is 110 Å². The summed E-state index contributed by atoms with van der Waals surface area (Å²) in [4.78, 5) is 33.5. The number of hydrogen-bond donors (Lipinski definition) is 7. The molecule has 0 heterocycles. The first kappa shape index (κ1) is 63.9. The molecule has 25 heteroatoms. The highest BCUT2D eigenvalue weighted by atomic mass is 35.7. The van der Waals surface area contributed by atoms with Crippen LogP contribution < -0.4 is 26.4 Å². The monoisotopic (exact) mass is 1170 g/mol. The van der Waals surface area contributed by atoms with Crippen molar-refractivity contribution in [2.45, 2.75) is 93.2 Å². The Morgan fingerprint density at radius 1 is 0.500 bits per heavy atom. The van der Waals surface area contributed by atoms with Gasteiger partial charge in [0.05, 0.1) is 52.8 Å². The van der Waals surface area contributed by atoms with E-state index >= 15 is 0 Å². The fourth-order valence-corrected chi connectivity index (χ4v) is 9.46. The van der Waals surface area contributed by atoms with E-state index in [9.17, 15) is 52.8 Å². The van der Waals surface area contributed by atoms with Crippen molar-refractivity contribution in [3.05, 3.63) is 176 Å². The molecule has 0 atom stereocenters. The average molecular weight is 1170 g/mol. The third-order valence-corrected chi connectivity index (χ3v) is 15.2. The van der Waals surface area contributed by atoms with Crippen LogP contribution in [0.2, 0.25) is 10.0 Å². The zero-order valence-corrected chi connectivity index (χ0v) is 46.9. The Balaban J connectivity index is 0.000000282. The van der Waals surface area contributed by atoms with Crippen molar-refractivity contribution in [3.8, 4) is 0 Å². The lowest BCUT2D eigenvalue weighted by Gasteiger charge is -2.19. The van der Waals surface area contributed by atoms with E-state index in [1.165, 1.54) is 36.4 Å². The van der Waals surface area contributed by atoms with Gasteiger partial charge in [-0.1, -0.05) is 122 Å². The van der Waals surface area contributed by atoms with Gasteiger partial charge in [-0.15, -0.1) is 0 Å². The lowest BCUT2D eigenvalue weighted by molar-refractivity contribution is 0.0687. The molecule has 76 heavy (non-hydrogen) atoms. The second kappa shape index (κ2) is 25.2. The van der Waals surface area contributed by atoms with E-state index in [-0.39, 0.29) is 58.5 Å². The van der Waals surface area contributed by atoms with Crippen molar-refractivity contribution in [2.75, 3.05) is 15.2 Å². The Labute approximate surface area is 454 Å². The van der Waals surface area contributed by atoms with Gasteiger partial charge in [-0.05, 0) is 99.7 Å². The predicted molar refractivity (Wildman–Crippen MR) is 289 cm³/mol. The quantitative estimate of drug-likeness (QED) is 0.0221. The van der Waals surface area contributed by atoms with Gasteiger partial charge >= 0.3 is 11.9 Å². The molecule has 0 aromatic heterocycles. The third-order valence-electron chi connectivity index (χ3n) is 10.5. The molecule has 0 saturated carbocycles. The number of anilines is 3. The van der Waals surface area contributed by atoms with Gasteiger partial charge in [0, 0.05) is 28.5 Å². The number of carbonyl (C=O) groups excluding carboxylic acids is 1. The van der Waals surface area contributed by atoms with E-state index in [0.717, 1.165) is 59.2 Å². The molecule has 0 aliphatic rings. The van der Waals surface area contributed by atoms with Crippen LogP contribution in [0.5, 0.6) is 0 Å². The minimum Gasteiger partial charge on any atom is -0.478 e. The molecule has 9 N–H and O–H groups in total. The zero-order chi connectivity index (χ0) is 58.1. The van der Waals surface area contributed by atoms with Gasteiger partial charge in [0.2, 0.25) is 0 Å². The summed E-state index contributed by atoms with van der Waals surface area (Å²) in [6, 6.07) is 25.7. The van der Waals surface area contributed by atoms with E-state index < -0.39 is 80.7 Å². The van der Waals surface area contributed by atoms with E-state index in [4.69, 9.17) is 55.7 Å². The van der Waals surface area contributed by atoms with Gasteiger partial charge in [-0.25, -0.2) is 53.9 Å². The summed E-state index contributed by atoms with van der Waals surface area (Å²) in [5.74, 6) is -0.644. The first-order chi connectivity index (χ1) is 34.7. The van der Waals surface area contributed by atoms with Crippen molar-refractivity contribution in [2.24, 2.45) is 5.84 Å². The highest BCUT2D eigenvalue weighted by Gasteiger charge is 2.24. The lowest BCUT2D eigenvalue weighted by atomic mass is 9.87. The molecule has 16 nitrogen and oxygen atoms in total. The number of aromatic carboxylic acids is 2. The average Bonchev–Trinajstić information content (AvgIpc) is 3.30. The molecule has 0 unspecified atom stereocenters. The lowest BCUT2D eigenvalue weighted by Crippen LogP contribution is -2.31. The molecule has 0 aliphatic heterocycles. The second-order valence-corrected chi connectivity index (χ2v) is 26.2. The SMILES string of the molecule is CC(C)(C)c1ccc(S(=O)(=O)Cl)cc1.CC(C)(C)c1ccc(S(=O)(=O)Nc2cc(F)c(Cl)cc2C(=O)NN)cc1.CC(C)(C)c1ccc(S(=O)(=O)Nc2cc(F)c(Cl)cc2C(=O)O)cc1.Nc1cc(F)ccc1C(=O)O. The molecular formula is C51H55Cl3F3N5O11S3. The van der Waals surface area contributed by atoms with Gasteiger partial charge in [-0.2, -0.15) is 0 Å². The number of amides is 1. The molecule has 0 bridgehead atoms. The fraction of sp³-hybridized carbons (Fsp3) is 0.235. The number of nitrogens with two attached hydrogens (primary N) is 2. The number of rotatable bonds is 10. The van der Waals surface area contributed by atoms with Crippen LogP contribution in [0, 0.1) is 17.5 Å². The molecule has 0 spiro atoms. The van der Waals surface area contributed by atoms with Gasteiger partial charge < -0.3 is 15.9 Å². The maximum absolute atomic E-state index is 13.8. The number of hydrogen-bond acceptors (Lipinski definition) is 11. The second-order valence-electron chi connectivity index (χ2n) is 19.4. The number of carbonyl (C=O) groups is 3. The van der Waals surface area contributed by atoms with E-state index in [0.29, 0.717) is 0 Å². The van der Waals surface area contributed by atoms with Crippen LogP contribution >= 0.6 is 33.9 Å². The molecular weight excluding hydrogens is 1120 g/mol. The smallest absolute Gasteiger partial charge is 0.337 e. The number of nitrogens with one attached hydrogen (secondary N) is 3. The van der Waals surface area contributed by atoms with Crippen molar-refractivity contribution >= 4 is 97.9 Å². The number of sulfonamides is 2. The maximum Gasteiger partial charge on any atom is 0.337 e. The van der Waals surface area contributed by atoms with E-state index in [1.807, 2.05) is 47.0 Å². The Hall–Kier alpha value is -6.40. The minimum atomic E-state index is -4.08. The Bertz CT molecular complexity index is 3450. The highest BCUT2D eigenvalue weighted by molar-refractivity contribution is 8.13. The number of nitrogen functional groups attached to an aromatic ring is 2. The van der Waals surface area contributed by atoms with Crippen LogP contribution in [0.15, 0.2) is 130 Å². The van der Waals surface area contributed by atoms with Crippen molar-refractivity contribution in [3.63, 3.8) is 0 Å². The van der Waals surface area contributed by atoms with Gasteiger partial charge in [0.15, 0.2) is 0 Å². The number of hydrazine groups is 1. The zero-order valence-electron chi connectivity index (χ0n) is 42.2. The summed E-state index contributed by atoms with van der Waals surface area (Å²) >= 11 is 11.2. The van der Waals surface area contributed by atoms with Crippen molar-refractivity contribution in [1.82, 2.24) is 5.43 Å². The molecule has 0 radical (unpaired) electrons. The number of halogens is 6. The summed E-state index contributed by atoms with van der Waals surface area (Å²) in [5.41, 5.74) is 8.34. The number of benzene rings is 6. The summed E-state index contributed by atoms with van der Waals surface area (Å²) in [7, 11) is -6.53. The largest absolute Gasteiger partial charge is 0.478 e. The topological polar surface area (TPSA) is 282 Å². The first-order valence-electron chi connectivity index (χ1n) is 22.0. The Morgan fingerprint density at radius 2 is 0.829 bits per heavy atom. The standard InChI is InChI=1S/C17H19ClFN3O3S.C17H17ClFNO4S.C10H13ClO2S.C7H6FNO2/c1-17(2,3)10-4-6-11(7-5-10)26(24,25)22-15-9-14(19)13(18)8-12(15)16(23)21-20;1-17(2,3)10-4-6-11(7-5-10)25(23,24)20-15-9-14(19)13(18)8-12(15)16(21)22;1-10(2,3)8-4-6-9(7-5-8)14(11,12)13;8-4-1-2-5(7(10)11)6(9)3-4/h4-9,22H,20H2,1-3H3,(H,21,23);4-9,20H,1-3H3,(H,21,22);4-7H,1-3H3;1-3H,9H2,(H,10,11). The molecule has 6 aromatic rings. The summed E-state index contributed by atoms with van der Waals surface area (Å²) < 4.78 is 116. The summed E-state index contributed by atoms with van der Waals surface area (Å²) in [6.07, 6.45) is 0. The van der Waals surface area contributed by atoms with E-state index in [1.54, 1.807) is 36.4 Å². The predicted octanol–water partition coefficient (Wildman–Crippen LogP) is 11.5. The van der Waals surface area contributed by atoms with E-state index in [2.05, 4.69) is 30.2 Å². The Kier molecular flexibility index (Phi) is 21.2. The van der Waals surface area contributed by atoms with Gasteiger partial charge in [0.25, 0.3) is 35.0 Å². The molecule has 410 valence electrons. The molecule has 6 rings (SSSR count). The molecule has 0 aliphatic carbocycles. The van der Waals surface area contributed by atoms with Crippen LogP contribution in [-0.4, -0.2) is 53.3 Å². The van der Waals surface area contributed by atoms with Crippen LogP contribution in [-0.2, 0) is 45.3 Å². The van der Waals surface area contributed by atoms with Crippen LogP contribution in [0.25, 0.3) is 0 Å². The Morgan fingerprint density at radius 3 is 1.13 bits per heavy atom. The normalized spacial score (nSPS) is 11.8. The molecule has 0 fully saturated rings. The maximum atomic E-state index is 13.8. The summed E-state index contributed by atoms with van der Waals surface area (Å²) in [6.45, 7) is 18.2. The van der Waals surface area contributed by atoms with Crippen molar-refractivity contribution < 1.29 is 63.0 Å². The molecule has 1 amide bonds. The first-order valence-corrected chi connectivity index (χ1v) is 28.0. The highest BCUT2D eigenvalue weighted by Crippen LogP contribution is 2.31. The number of carboxylic acid groups (broad SMARTS) is 2. The summed E-state index contributed by atoms with van der Waals surface area (Å²) in [5, 5.41) is 16.9. The van der Waals surface area contributed by atoms with Crippen LogP contribution in [0.4, 0.5) is 30.2 Å². The molecule has 0 saturated heterocycles. The molecule has 6 aromatic carbocycles. The number of carboxylic acids is 2. The van der Waals surface area contributed by atoms with Gasteiger partial charge in [-0.3, -0.25) is 19.7 Å². The third kappa shape index (κ3) is 18.1. The van der Waals surface area contributed by atoms with Crippen molar-refractivity contribution in [1.29, 1.82) is 0 Å². The fourth-order valence-electron chi connectivity index (χ4n) is 6.23. The van der Waals surface area contributed by atoms with Crippen LogP contribution in [0.3, 0.4) is 0 Å².